The number of ether oxygens (including phenoxy) is 1. The summed E-state index contributed by atoms with van der Waals surface area (Å²) in [5, 5.41) is 9.62. The van der Waals surface area contributed by atoms with Crippen molar-refractivity contribution in [1.29, 1.82) is 0 Å². The third-order valence-corrected chi connectivity index (χ3v) is 5.91. The Morgan fingerprint density at radius 2 is 1.81 bits per heavy atom. The number of hydrogen-bond donors (Lipinski definition) is 1. The molecule has 138 valence electrons. The van der Waals surface area contributed by atoms with Crippen molar-refractivity contribution in [1.82, 2.24) is 9.80 Å². The molecule has 4 heteroatoms. The van der Waals surface area contributed by atoms with Gasteiger partial charge in [-0.3, -0.25) is 9.80 Å². The van der Waals surface area contributed by atoms with Gasteiger partial charge < -0.3 is 9.84 Å². The molecule has 2 aromatic rings. The zero-order valence-electron chi connectivity index (χ0n) is 15.5. The minimum absolute atomic E-state index is 0.257. The van der Waals surface area contributed by atoms with Crippen molar-refractivity contribution >= 4 is 0 Å². The van der Waals surface area contributed by atoms with E-state index in [1.807, 2.05) is 6.07 Å². The highest BCUT2D eigenvalue weighted by Gasteiger charge is 2.27. The summed E-state index contributed by atoms with van der Waals surface area (Å²) < 4.78 is 5.42. The normalized spacial score (nSPS) is 21.3. The van der Waals surface area contributed by atoms with Gasteiger partial charge in [0.15, 0.2) is 0 Å². The first-order valence-corrected chi connectivity index (χ1v) is 9.62. The molecular formula is C22H28N2O2. The van der Waals surface area contributed by atoms with Crippen molar-refractivity contribution in [3.05, 3.63) is 59.2 Å². The molecule has 1 saturated heterocycles. The van der Waals surface area contributed by atoms with Gasteiger partial charge in [-0.2, -0.15) is 0 Å². The lowest BCUT2D eigenvalue weighted by Gasteiger charge is -2.41. The van der Waals surface area contributed by atoms with Crippen molar-refractivity contribution < 1.29 is 9.84 Å². The zero-order valence-corrected chi connectivity index (χ0v) is 15.5. The van der Waals surface area contributed by atoms with Crippen LogP contribution in [-0.2, 0) is 19.4 Å². The summed E-state index contributed by atoms with van der Waals surface area (Å²) in [6.07, 6.45) is 3.69. The Hall–Kier alpha value is -2.04. The van der Waals surface area contributed by atoms with Crippen molar-refractivity contribution in [2.24, 2.45) is 0 Å². The Bertz CT molecular complexity index is 754. The largest absolute Gasteiger partial charge is 0.508 e. The highest BCUT2D eigenvalue weighted by Crippen LogP contribution is 2.27. The fourth-order valence-electron chi connectivity index (χ4n) is 4.38. The first-order chi connectivity index (χ1) is 12.7. The number of methoxy groups -OCH3 is 1. The van der Waals surface area contributed by atoms with Gasteiger partial charge in [0.25, 0.3) is 0 Å². The third-order valence-electron chi connectivity index (χ3n) is 5.91. The summed E-state index contributed by atoms with van der Waals surface area (Å²) in [7, 11) is 1.66. The Labute approximate surface area is 156 Å². The number of rotatable bonds is 4. The molecule has 1 fully saturated rings. The molecule has 2 aromatic carbocycles. The number of phenolic OH excluding ortho intramolecular Hbond substituents is 1. The number of hydrogen-bond acceptors (Lipinski definition) is 4. The summed E-state index contributed by atoms with van der Waals surface area (Å²) in [4.78, 5) is 5.17. The van der Waals surface area contributed by atoms with E-state index in [9.17, 15) is 5.11 Å². The molecule has 1 unspecified atom stereocenters. The first kappa shape index (κ1) is 17.4. The smallest absolute Gasteiger partial charge is 0.127 e. The Kier molecular flexibility index (Phi) is 5.14. The van der Waals surface area contributed by atoms with Gasteiger partial charge in [0.2, 0.25) is 0 Å². The standard InChI is InChI=1S/C22H28N2O2/c1-26-22-15-21(25)9-7-19(22)16-23-10-12-24(13-11-23)20-8-6-17-4-2-3-5-18(17)14-20/h2-5,7,9,15,20,25H,6,8,10-14,16H2,1H3. The molecule has 0 bridgehead atoms. The summed E-state index contributed by atoms with van der Waals surface area (Å²) in [6.45, 7) is 5.32. The minimum atomic E-state index is 0.257. The highest BCUT2D eigenvalue weighted by atomic mass is 16.5. The minimum Gasteiger partial charge on any atom is -0.508 e. The second kappa shape index (κ2) is 7.68. The molecule has 2 aliphatic rings. The molecule has 4 nitrogen and oxygen atoms in total. The topological polar surface area (TPSA) is 35.9 Å². The lowest BCUT2D eigenvalue weighted by molar-refractivity contribution is 0.0852. The van der Waals surface area contributed by atoms with E-state index in [2.05, 4.69) is 34.1 Å². The van der Waals surface area contributed by atoms with Crippen LogP contribution in [0.5, 0.6) is 11.5 Å². The monoisotopic (exact) mass is 352 g/mol. The number of piperazine rings is 1. The summed E-state index contributed by atoms with van der Waals surface area (Å²) in [5.74, 6) is 1.03. The van der Waals surface area contributed by atoms with Gasteiger partial charge in [-0.1, -0.05) is 30.3 Å². The average Bonchev–Trinajstić information content (AvgIpc) is 2.69. The quantitative estimate of drug-likeness (QED) is 0.917. The average molecular weight is 352 g/mol. The van der Waals surface area contributed by atoms with Crippen molar-refractivity contribution in [2.45, 2.75) is 31.8 Å². The van der Waals surface area contributed by atoms with E-state index in [-0.39, 0.29) is 5.75 Å². The number of nitrogens with zero attached hydrogens (tertiary/aromatic N) is 2. The van der Waals surface area contributed by atoms with Crippen molar-refractivity contribution in [2.75, 3.05) is 33.3 Å². The summed E-state index contributed by atoms with van der Waals surface area (Å²) in [6, 6.07) is 15.0. The number of benzene rings is 2. The molecule has 1 heterocycles. The second-order valence-corrected chi connectivity index (χ2v) is 7.47. The van der Waals surface area contributed by atoms with E-state index in [4.69, 9.17) is 4.74 Å². The summed E-state index contributed by atoms with van der Waals surface area (Å²) >= 11 is 0. The van der Waals surface area contributed by atoms with Crippen LogP contribution in [0, 0.1) is 0 Å². The summed E-state index contributed by atoms with van der Waals surface area (Å²) in [5.41, 5.74) is 4.23. The van der Waals surface area contributed by atoms with Gasteiger partial charge in [-0.15, -0.1) is 0 Å². The molecule has 1 N–H and O–H groups in total. The first-order valence-electron chi connectivity index (χ1n) is 9.62. The maximum atomic E-state index is 9.62. The van der Waals surface area contributed by atoms with Crippen LogP contribution in [0.4, 0.5) is 0 Å². The Morgan fingerprint density at radius 1 is 1.04 bits per heavy atom. The molecular weight excluding hydrogens is 324 g/mol. The van der Waals surface area contributed by atoms with E-state index >= 15 is 0 Å². The Balaban J connectivity index is 1.34. The van der Waals surface area contributed by atoms with Crippen molar-refractivity contribution in [3.8, 4) is 11.5 Å². The number of fused-ring (bicyclic) bond motifs is 1. The number of phenols is 1. The second-order valence-electron chi connectivity index (χ2n) is 7.47. The number of aryl methyl sites for hydroxylation is 1. The Morgan fingerprint density at radius 3 is 2.58 bits per heavy atom. The van der Waals surface area contributed by atoms with Crippen LogP contribution in [0.3, 0.4) is 0 Å². The van der Waals surface area contributed by atoms with Crippen LogP contribution in [-0.4, -0.2) is 54.2 Å². The van der Waals surface area contributed by atoms with Gasteiger partial charge in [0.05, 0.1) is 7.11 Å². The number of aromatic hydroxyl groups is 1. The van der Waals surface area contributed by atoms with Crippen LogP contribution in [0.25, 0.3) is 0 Å². The van der Waals surface area contributed by atoms with E-state index in [0.29, 0.717) is 6.04 Å². The van der Waals surface area contributed by atoms with E-state index in [1.54, 1.807) is 30.4 Å². The van der Waals surface area contributed by atoms with Gasteiger partial charge in [0, 0.05) is 50.4 Å². The predicted molar refractivity (Wildman–Crippen MR) is 104 cm³/mol. The zero-order chi connectivity index (χ0) is 17.9. The van der Waals surface area contributed by atoms with E-state index in [0.717, 1.165) is 44.0 Å². The fraction of sp³-hybridized carbons (Fsp3) is 0.455. The highest BCUT2D eigenvalue weighted by molar-refractivity contribution is 5.40. The van der Waals surface area contributed by atoms with Crippen LogP contribution < -0.4 is 4.74 Å². The van der Waals surface area contributed by atoms with Crippen molar-refractivity contribution in [3.63, 3.8) is 0 Å². The van der Waals surface area contributed by atoms with E-state index < -0.39 is 0 Å². The molecule has 1 atom stereocenters. The molecule has 0 amide bonds. The lowest BCUT2D eigenvalue weighted by Crippen LogP contribution is -2.51. The lowest BCUT2D eigenvalue weighted by atomic mass is 9.87. The molecule has 0 aromatic heterocycles. The van der Waals surface area contributed by atoms with Gasteiger partial charge in [0.1, 0.15) is 11.5 Å². The predicted octanol–water partition coefficient (Wildman–Crippen LogP) is 3.08. The maximum Gasteiger partial charge on any atom is 0.127 e. The molecule has 0 saturated carbocycles. The van der Waals surface area contributed by atoms with Crippen LogP contribution in [0.15, 0.2) is 42.5 Å². The van der Waals surface area contributed by atoms with Gasteiger partial charge in [-0.05, 0) is 36.5 Å². The third kappa shape index (κ3) is 3.71. The molecule has 0 radical (unpaired) electrons. The van der Waals surface area contributed by atoms with E-state index in [1.165, 1.54) is 19.3 Å². The molecule has 1 aliphatic heterocycles. The molecule has 4 rings (SSSR count). The van der Waals surface area contributed by atoms with Gasteiger partial charge >= 0.3 is 0 Å². The maximum absolute atomic E-state index is 9.62. The van der Waals surface area contributed by atoms with Gasteiger partial charge in [-0.25, -0.2) is 0 Å². The molecule has 0 spiro atoms. The molecule has 1 aliphatic carbocycles. The SMILES string of the molecule is COc1cc(O)ccc1CN1CCN(C2CCc3ccccc3C2)CC1. The van der Waals surface area contributed by atoms with Crippen LogP contribution >= 0.6 is 0 Å². The fourth-order valence-corrected chi connectivity index (χ4v) is 4.38. The molecule has 26 heavy (non-hydrogen) atoms. The van der Waals surface area contributed by atoms with Crippen LogP contribution in [0.2, 0.25) is 0 Å². The van der Waals surface area contributed by atoms with Crippen LogP contribution in [0.1, 0.15) is 23.1 Å².